The van der Waals surface area contributed by atoms with Crippen molar-refractivity contribution in [2.45, 2.75) is 91.4 Å². The molecule has 0 amide bonds. The van der Waals surface area contributed by atoms with Crippen molar-refractivity contribution < 1.29 is 19.1 Å². The van der Waals surface area contributed by atoms with E-state index in [0.29, 0.717) is 32.0 Å². The molecule has 0 aliphatic carbocycles. The SMILES string of the molecule is CCOC(=O)CCCCCCCCCC(CC)CC(=O)OCC. The molecule has 0 fully saturated rings. The summed E-state index contributed by atoms with van der Waals surface area (Å²) in [6.45, 7) is 6.80. The third-order valence-corrected chi connectivity index (χ3v) is 4.14. The predicted octanol–water partition coefficient (Wildman–Crippen LogP) is 5.04. The van der Waals surface area contributed by atoms with E-state index in [1.807, 2.05) is 13.8 Å². The molecule has 1 unspecified atom stereocenters. The molecule has 0 saturated heterocycles. The lowest BCUT2D eigenvalue weighted by atomic mass is 9.95. The molecule has 23 heavy (non-hydrogen) atoms. The fourth-order valence-electron chi connectivity index (χ4n) is 2.73. The average molecular weight is 328 g/mol. The van der Waals surface area contributed by atoms with Gasteiger partial charge in [0.15, 0.2) is 0 Å². The summed E-state index contributed by atoms with van der Waals surface area (Å²) in [5, 5.41) is 0. The van der Waals surface area contributed by atoms with Crippen molar-refractivity contribution in [1.82, 2.24) is 0 Å². The van der Waals surface area contributed by atoms with Crippen molar-refractivity contribution in [1.29, 1.82) is 0 Å². The van der Waals surface area contributed by atoms with Gasteiger partial charge in [0, 0.05) is 12.8 Å². The normalized spacial score (nSPS) is 12.0. The molecule has 0 N–H and O–H groups in total. The van der Waals surface area contributed by atoms with Crippen LogP contribution < -0.4 is 0 Å². The monoisotopic (exact) mass is 328 g/mol. The number of hydrogen-bond acceptors (Lipinski definition) is 4. The zero-order chi connectivity index (χ0) is 17.3. The lowest BCUT2D eigenvalue weighted by Crippen LogP contribution is -2.11. The number of ether oxygens (including phenoxy) is 2. The Kier molecular flexibility index (Phi) is 15.1. The van der Waals surface area contributed by atoms with E-state index < -0.39 is 0 Å². The third-order valence-electron chi connectivity index (χ3n) is 4.14. The Morgan fingerprint density at radius 3 is 1.83 bits per heavy atom. The van der Waals surface area contributed by atoms with Crippen LogP contribution in [0.2, 0.25) is 0 Å². The maximum atomic E-state index is 11.5. The number of rotatable bonds is 15. The van der Waals surface area contributed by atoms with E-state index in [1.54, 1.807) is 0 Å². The molecule has 1 atom stereocenters. The second-order valence-electron chi connectivity index (χ2n) is 6.10. The van der Waals surface area contributed by atoms with E-state index >= 15 is 0 Å². The van der Waals surface area contributed by atoms with E-state index in [1.165, 1.54) is 32.1 Å². The minimum Gasteiger partial charge on any atom is -0.466 e. The number of esters is 2. The smallest absolute Gasteiger partial charge is 0.306 e. The van der Waals surface area contributed by atoms with Crippen LogP contribution in [0.15, 0.2) is 0 Å². The summed E-state index contributed by atoms with van der Waals surface area (Å²) < 4.78 is 9.92. The lowest BCUT2D eigenvalue weighted by molar-refractivity contribution is -0.144. The largest absolute Gasteiger partial charge is 0.466 e. The Bertz CT molecular complexity index is 302. The van der Waals surface area contributed by atoms with Gasteiger partial charge in [-0.2, -0.15) is 0 Å². The third kappa shape index (κ3) is 14.3. The van der Waals surface area contributed by atoms with Crippen LogP contribution in [0.4, 0.5) is 0 Å². The van der Waals surface area contributed by atoms with Gasteiger partial charge < -0.3 is 9.47 Å². The van der Waals surface area contributed by atoms with Gasteiger partial charge in [-0.05, 0) is 32.6 Å². The summed E-state index contributed by atoms with van der Waals surface area (Å²) in [6.07, 6.45) is 11.4. The van der Waals surface area contributed by atoms with Crippen molar-refractivity contribution >= 4 is 11.9 Å². The topological polar surface area (TPSA) is 52.6 Å². The van der Waals surface area contributed by atoms with Crippen LogP contribution >= 0.6 is 0 Å². The van der Waals surface area contributed by atoms with Crippen molar-refractivity contribution in [2.24, 2.45) is 5.92 Å². The molecule has 0 bridgehead atoms. The van der Waals surface area contributed by atoms with Gasteiger partial charge in [-0.3, -0.25) is 9.59 Å². The minimum absolute atomic E-state index is 0.0547. The molecule has 0 aliphatic rings. The van der Waals surface area contributed by atoms with Gasteiger partial charge in [0.1, 0.15) is 0 Å². The first-order chi connectivity index (χ1) is 11.1. The Morgan fingerprint density at radius 1 is 0.739 bits per heavy atom. The van der Waals surface area contributed by atoms with Crippen LogP contribution in [0.25, 0.3) is 0 Å². The second-order valence-corrected chi connectivity index (χ2v) is 6.10. The highest BCUT2D eigenvalue weighted by molar-refractivity contribution is 5.69. The predicted molar refractivity (Wildman–Crippen MR) is 93.2 cm³/mol. The van der Waals surface area contributed by atoms with Gasteiger partial charge in [-0.15, -0.1) is 0 Å². The second kappa shape index (κ2) is 15.8. The highest BCUT2D eigenvalue weighted by Crippen LogP contribution is 2.19. The number of carbonyl (C=O) groups is 2. The molecular formula is C19H36O4. The maximum Gasteiger partial charge on any atom is 0.306 e. The average Bonchev–Trinajstić information content (AvgIpc) is 2.52. The summed E-state index contributed by atoms with van der Waals surface area (Å²) in [6, 6.07) is 0. The van der Waals surface area contributed by atoms with Gasteiger partial charge in [-0.1, -0.05) is 51.9 Å². The summed E-state index contributed by atoms with van der Waals surface area (Å²) in [5.41, 5.74) is 0. The van der Waals surface area contributed by atoms with Crippen LogP contribution in [-0.4, -0.2) is 25.2 Å². The van der Waals surface area contributed by atoms with Crippen LogP contribution in [0.1, 0.15) is 91.4 Å². The molecule has 136 valence electrons. The van der Waals surface area contributed by atoms with Crippen molar-refractivity contribution in [2.75, 3.05) is 13.2 Å². The summed E-state index contributed by atoms with van der Waals surface area (Å²) in [4.78, 5) is 22.7. The van der Waals surface area contributed by atoms with Crippen molar-refractivity contribution in [3.63, 3.8) is 0 Å². The minimum atomic E-state index is -0.0697. The molecule has 0 aromatic rings. The van der Waals surface area contributed by atoms with Crippen LogP contribution in [-0.2, 0) is 19.1 Å². The Hall–Kier alpha value is -1.06. The van der Waals surface area contributed by atoms with E-state index in [-0.39, 0.29) is 11.9 Å². The highest BCUT2D eigenvalue weighted by Gasteiger charge is 2.12. The number of unbranched alkanes of at least 4 members (excludes halogenated alkanes) is 6. The zero-order valence-corrected chi connectivity index (χ0v) is 15.4. The van der Waals surface area contributed by atoms with Crippen LogP contribution in [0, 0.1) is 5.92 Å². The van der Waals surface area contributed by atoms with Crippen LogP contribution in [0.3, 0.4) is 0 Å². The van der Waals surface area contributed by atoms with E-state index in [9.17, 15) is 9.59 Å². The molecule has 0 aromatic heterocycles. The molecule has 0 rings (SSSR count). The first kappa shape index (κ1) is 21.9. The number of hydrogen-bond donors (Lipinski definition) is 0. The molecule has 0 aromatic carbocycles. The molecule has 0 aliphatic heterocycles. The molecule has 0 saturated carbocycles. The van der Waals surface area contributed by atoms with Gasteiger partial charge in [0.05, 0.1) is 13.2 Å². The molecule has 0 radical (unpaired) electrons. The highest BCUT2D eigenvalue weighted by atomic mass is 16.5. The fraction of sp³-hybridized carbons (Fsp3) is 0.895. The molecule has 0 heterocycles. The van der Waals surface area contributed by atoms with Crippen molar-refractivity contribution in [3.05, 3.63) is 0 Å². The fourth-order valence-corrected chi connectivity index (χ4v) is 2.73. The quantitative estimate of drug-likeness (QED) is 0.312. The summed E-state index contributed by atoms with van der Waals surface area (Å²) in [7, 11) is 0. The first-order valence-electron chi connectivity index (χ1n) is 9.45. The van der Waals surface area contributed by atoms with Crippen LogP contribution in [0.5, 0.6) is 0 Å². The maximum absolute atomic E-state index is 11.5. The summed E-state index contributed by atoms with van der Waals surface area (Å²) in [5.74, 6) is 0.347. The lowest BCUT2D eigenvalue weighted by Gasteiger charge is -2.13. The van der Waals surface area contributed by atoms with Crippen molar-refractivity contribution in [3.8, 4) is 0 Å². The van der Waals surface area contributed by atoms with E-state index in [4.69, 9.17) is 9.47 Å². The van der Waals surface area contributed by atoms with Gasteiger partial charge in [0.2, 0.25) is 0 Å². The Balaban J connectivity index is 3.43. The molecular weight excluding hydrogens is 292 g/mol. The van der Waals surface area contributed by atoms with Gasteiger partial charge in [0.25, 0.3) is 0 Å². The Labute approximate surface area is 142 Å². The van der Waals surface area contributed by atoms with E-state index in [0.717, 1.165) is 25.7 Å². The molecule has 4 nitrogen and oxygen atoms in total. The standard InChI is InChI=1S/C19H36O4/c1-4-17(16-19(21)23-6-3)14-12-10-8-7-9-11-13-15-18(20)22-5-2/h17H,4-16H2,1-3H3. The van der Waals surface area contributed by atoms with Gasteiger partial charge >= 0.3 is 11.9 Å². The van der Waals surface area contributed by atoms with Gasteiger partial charge in [-0.25, -0.2) is 0 Å². The Morgan fingerprint density at radius 2 is 1.26 bits per heavy atom. The molecule has 4 heteroatoms. The zero-order valence-electron chi connectivity index (χ0n) is 15.4. The molecule has 0 spiro atoms. The van der Waals surface area contributed by atoms with E-state index in [2.05, 4.69) is 6.92 Å². The summed E-state index contributed by atoms with van der Waals surface area (Å²) >= 11 is 0. The first-order valence-corrected chi connectivity index (χ1v) is 9.45. The number of carbonyl (C=O) groups excluding carboxylic acids is 2.